The average Bonchev–Trinajstić information content (AvgIpc) is 3.19. The second-order valence-electron chi connectivity index (χ2n) is 5.53. The summed E-state index contributed by atoms with van der Waals surface area (Å²) >= 11 is 1.31. The Hall–Kier alpha value is -2.87. The molecule has 1 atom stereocenters. The molecule has 4 rings (SSSR count). The number of anilines is 1. The van der Waals surface area contributed by atoms with E-state index in [9.17, 15) is 4.79 Å². The molecule has 3 heterocycles. The molecule has 0 saturated carbocycles. The van der Waals surface area contributed by atoms with Gasteiger partial charge in [0.25, 0.3) is 0 Å². The van der Waals surface area contributed by atoms with E-state index in [2.05, 4.69) is 20.4 Å². The van der Waals surface area contributed by atoms with Crippen LogP contribution in [0.2, 0.25) is 0 Å². The smallest absolute Gasteiger partial charge is 0.238 e. The first kappa shape index (κ1) is 15.6. The van der Waals surface area contributed by atoms with E-state index in [1.807, 2.05) is 24.3 Å². The van der Waals surface area contributed by atoms with E-state index in [0.29, 0.717) is 22.2 Å². The van der Waals surface area contributed by atoms with Crippen molar-refractivity contribution in [3.05, 3.63) is 42.4 Å². The largest absolute Gasteiger partial charge is 0.451 e. The molecule has 25 heavy (non-hydrogen) atoms. The molecular weight excluding hydrogens is 340 g/mol. The average molecular weight is 354 g/mol. The van der Waals surface area contributed by atoms with E-state index in [1.54, 1.807) is 19.9 Å². The van der Waals surface area contributed by atoms with E-state index >= 15 is 0 Å². The van der Waals surface area contributed by atoms with Crippen LogP contribution >= 0.6 is 11.8 Å². The number of benzene rings is 1. The minimum absolute atomic E-state index is 0.193. The molecule has 8 heteroatoms. The molecule has 3 aromatic heterocycles. The summed E-state index contributed by atoms with van der Waals surface area (Å²) in [7, 11) is 0. The second-order valence-corrected chi connectivity index (χ2v) is 6.86. The summed E-state index contributed by atoms with van der Waals surface area (Å²) in [5, 5.41) is 7.64. The molecule has 0 saturated heterocycles. The Balaban J connectivity index is 1.60. The van der Waals surface area contributed by atoms with Crippen LogP contribution in [0.4, 0.5) is 5.82 Å². The number of nitrogens with one attached hydrogen (secondary N) is 1. The SMILES string of the molecule is Cc1cc(NC(=O)C(C)Sc2ncnc3c2oc2ccccc23)no1. The van der Waals surface area contributed by atoms with Crippen LogP contribution in [0.15, 0.2) is 50.6 Å². The Kier molecular flexibility index (Phi) is 3.89. The number of aromatic nitrogens is 3. The number of furan rings is 1. The first-order chi connectivity index (χ1) is 12.1. The molecule has 0 bridgehead atoms. The van der Waals surface area contributed by atoms with Crippen molar-refractivity contribution < 1.29 is 13.7 Å². The Morgan fingerprint density at radius 2 is 2.12 bits per heavy atom. The summed E-state index contributed by atoms with van der Waals surface area (Å²) in [5.41, 5.74) is 2.08. The maximum absolute atomic E-state index is 12.3. The second kappa shape index (κ2) is 6.21. The molecular formula is C17H14N4O3S. The van der Waals surface area contributed by atoms with Crippen LogP contribution in [0.3, 0.4) is 0 Å². The van der Waals surface area contributed by atoms with Crippen LogP contribution in [0.1, 0.15) is 12.7 Å². The van der Waals surface area contributed by atoms with Gasteiger partial charge in [0.2, 0.25) is 5.91 Å². The lowest BCUT2D eigenvalue weighted by molar-refractivity contribution is -0.115. The Bertz CT molecular complexity index is 1070. The molecule has 0 spiro atoms. The Labute approximate surface area is 146 Å². The van der Waals surface area contributed by atoms with Crippen molar-refractivity contribution in [1.29, 1.82) is 0 Å². The van der Waals surface area contributed by atoms with E-state index in [1.165, 1.54) is 18.1 Å². The van der Waals surface area contributed by atoms with Crippen LogP contribution in [-0.2, 0) is 4.79 Å². The molecule has 0 fully saturated rings. The zero-order valence-electron chi connectivity index (χ0n) is 13.5. The zero-order valence-corrected chi connectivity index (χ0v) is 14.3. The van der Waals surface area contributed by atoms with Gasteiger partial charge in [0.05, 0.1) is 5.25 Å². The Morgan fingerprint density at radius 3 is 2.92 bits per heavy atom. The summed E-state index contributed by atoms with van der Waals surface area (Å²) in [4.78, 5) is 20.9. The van der Waals surface area contributed by atoms with Crippen molar-refractivity contribution >= 4 is 45.6 Å². The van der Waals surface area contributed by atoms with Crippen LogP contribution in [0.25, 0.3) is 22.1 Å². The quantitative estimate of drug-likeness (QED) is 0.440. The van der Waals surface area contributed by atoms with Crippen molar-refractivity contribution in [2.45, 2.75) is 24.1 Å². The van der Waals surface area contributed by atoms with Crippen molar-refractivity contribution in [2.24, 2.45) is 0 Å². The summed E-state index contributed by atoms with van der Waals surface area (Å²) < 4.78 is 10.8. The topological polar surface area (TPSA) is 94.1 Å². The van der Waals surface area contributed by atoms with Gasteiger partial charge in [-0.3, -0.25) is 4.79 Å². The Morgan fingerprint density at radius 1 is 1.28 bits per heavy atom. The molecule has 0 aliphatic rings. The van der Waals surface area contributed by atoms with E-state index in [0.717, 1.165) is 16.5 Å². The zero-order chi connectivity index (χ0) is 17.4. The van der Waals surface area contributed by atoms with Crippen molar-refractivity contribution in [1.82, 2.24) is 15.1 Å². The first-order valence-electron chi connectivity index (χ1n) is 7.65. The number of amides is 1. The van der Waals surface area contributed by atoms with Gasteiger partial charge >= 0.3 is 0 Å². The number of carbonyl (C=O) groups is 1. The van der Waals surface area contributed by atoms with Gasteiger partial charge in [0, 0.05) is 11.5 Å². The van der Waals surface area contributed by atoms with E-state index in [-0.39, 0.29) is 5.91 Å². The molecule has 4 aromatic rings. The molecule has 0 aliphatic heterocycles. The number of carbonyl (C=O) groups excluding carboxylic acids is 1. The fourth-order valence-electron chi connectivity index (χ4n) is 2.46. The maximum Gasteiger partial charge on any atom is 0.238 e. The van der Waals surface area contributed by atoms with E-state index < -0.39 is 5.25 Å². The third kappa shape index (κ3) is 2.96. The van der Waals surface area contributed by atoms with Crippen molar-refractivity contribution in [3.8, 4) is 0 Å². The summed E-state index contributed by atoms with van der Waals surface area (Å²) in [5.74, 6) is 0.836. The van der Waals surface area contributed by atoms with Gasteiger partial charge in [0.15, 0.2) is 11.4 Å². The van der Waals surface area contributed by atoms with Gasteiger partial charge in [-0.1, -0.05) is 29.1 Å². The highest BCUT2D eigenvalue weighted by Gasteiger charge is 2.20. The van der Waals surface area contributed by atoms with Gasteiger partial charge in [-0.05, 0) is 26.0 Å². The lowest BCUT2D eigenvalue weighted by Crippen LogP contribution is -2.22. The number of para-hydroxylation sites is 1. The van der Waals surface area contributed by atoms with Crippen LogP contribution in [-0.4, -0.2) is 26.3 Å². The van der Waals surface area contributed by atoms with Crippen LogP contribution in [0.5, 0.6) is 0 Å². The molecule has 0 aliphatic carbocycles. The highest BCUT2D eigenvalue weighted by atomic mass is 32.2. The monoisotopic (exact) mass is 354 g/mol. The minimum Gasteiger partial charge on any atom is -0.451 e. The lowest BCUT2D eigenvalue weighted by atomic mass is 10.2. The van der Waals surface area contributed by atoms with E-state index in [4.69, 9.17) is 8.94 Å². The molecule has 1 unspecified atom stereocenters. The standard InChI is InChI=1S/C17H14N4O3S/c1-9-7-13(21-24-9)20-16(22)10(2)25-17-15-14(18-8-19-17)11-5-3-4-6-12(11)23-15/h3-8,10H,1-2H3,(H,20,21,22). The highest BCUT2D eigenvalue weighted by Crippen LogP contribution is 2.34. The lowest BCUT2D eigenvalue weighted by Gasteiger charge is -2.09. The number of thioether (sulfide) groups is 1. The molecule has 1 amide bonds. The predicted molar refractivity (Wildman–Crippen MR) is 94.5 cm³/mol. The van der Waals surface area contributed by atoms with Gasteiger partial charge in [-0.25, -0.2) is 9.97 Å². The molecule has 7 nitrogen and oxygen atoms in total. The molecule has 126 valence electrons. The normalized spacial score (nSPS) is 12.6. The number of nitrogens with zero attached hydrogens (tertiary/aromatic N) is 3. The van der Waals surface area contributed by atoms with Gasteiger partial charge in [0.1, 0.15) is 28.2 Å². The summed E-state index contributed by atoms with van der Waals surface area (Å²) in [6, 6.07) is 9.33. The number of rotatable bonds is 4. The predicted octanol–water partition coefficient (Wildman–Crippen LogP) is 3.79. The summed E-state index contributed by atoms with van der Waals surface area (Å²) in [6.45, 7) is 3.56. The first-order valence-corrected chi connectivity index (χ1v) is 8.53. The maximum atomic E-state index is 12.3. The number of hydrogen-bond donors (Lipinski definition) is 1. The third-order valence-electron chi connectivity index (χ3n) is 3.66. The van der Waals surface area contributed by atoms with Crippen molar-refractivity contribution in [2.75, 3.05) is 5.32 Å². The van der Waals surface area contributed by atoms with Gasteiger partial charge < -0.3 is 14.3 Å². The minimum atomic E-state index is -0.400. The molecule has 1 N–H and O–H groups in total. The van der Waals surface area contributed by atoms with Crippen molar-refractivity contribution in [3.63, 3.8) is 0 Å². The molecule has 0 radical (unpaired) electrons. The third-order valence-corrected chi connectivity index (χ3v) is 4.74. The fraction of sp³-hybridized carbons (Fsp3) is 0.176. The van der Waals surface area contributed by atoms with Gasteiger partial charge in [-0.2, -0.15) is 0 Å². The molecule has 1 aromatic carbocycles. The number of aryl methyl sites for hydroxylation is 1. The highest BCUT2D eigenvalue weighted by molar-refractivity contribution is 8.00. The number of hydrogen-bond acceptors (Lipinski definition) is 7. The van der Waals surface area contributed by atoms with Crippen LogP contribution in [0, 0.1) is 6.92 Å². The fourth-order valence-corrected chi connectivity index (χ4v) is 3.31. The summed E-state index contributed by atoms with van der Waals surface area (Å²) in [6.07, 6.45) is 1.48. The van der Waals surface area contributed by atoms with Gasteiger partial charge in [-0.15, -0.1) is 0 Å². The van der Waals surface area contributed by atoms with Crippen LogP contribution < -0.4 is 5.32 Å². The number of fused-ring (bicyclic) bond motifs is 3.